The molecule has 2 aromatic heterocycles. The van der Waals surface area contributed by atoms with Crippen LogP contribution < -0.4 is 5.32 Å². The number of carbonyl (C=O) groups is 1. The number of nitrogens with one attached hydrogen (secondary N) is 1. The number of imidazole rings is 1. The summed E-state index contributed by atoms with van der Waals surface area (Å²) in [6.45, 7) is 0.889. The van der Waals surface area contributed by atoms with Crippen LogP contribution in [-0.2, 0) is 24.2 Å². The smallest absolute Gasteiger partial charge is 0.224 e. The van der Waals surface area contributed by atoms with Gasteiger partial charge < -0.3 is 9.88 Å². The van der Waals surface area contributed by atoms with Crippen molar-refractivity contribution in [3.8, 4) is 0 Å². The lowest BCUT2D eigenvalue weighted by Crippen LogP contribution is -2.38. The van der Waals surface area contributed by atoms with Crippen LogP contribution in [0.5, 0.6) is 0 Å². The summed E-state index contributed by atoms with van der Waals surface area (Å²) in [6.07, 6.45) is 16.1. The minimum absolute atomic E-state index is 0.0344. The van der Waals surface area contributed by atoms with Crippen molar-refractivity contribution in [3.63, 3.8) is 0 Å². The molecule has 1 amide bonds. The Morgan fingerprint density at radius 1 is 1.15 bits per heavy atom. The molecular formula is C20H27N5O. The van der Waals surface area contributed by atoms with E-state index in [4.69, 9.17) is 5.10 Å². The van der Waals surface area contributed by atoms with Gasteiger partial charge >= 0.3 is 0 Å². The van der Waals surface area contributed by atoms with Crippen LogP contribution in [0.3, 0.4) is 0 Å². The van der Waals surface area contributed by atoms with Crippen molar-refractivity contribution >= 4 is 5.91 Å². The van der Waals surface area contributed by atoms with E-state index < -0.39 is 0 Å². The lowest BCUT2D eigenvalue weighted by atomic mass is 9.91. The molecule has 138 valence electrons. The van der Waals surface area contributed by atoms with E-state index in [-0.39, 0.29) is 17.9 Å². The quantitative estimate of drug-likeness (QED) is 0.923. The van der Waals surface area contributed by atoms with E-state index in [0.29, 0.717) is 6.04 Å². The average Bonchev–Trinajstić information content (AvgIpc) is 3.39. The Balaban J connectivity index is 1.30. The molecule has 0 saturated heterocycles. The molecule has 26 heavy (non-hydrogen) atoms. The van der Waals surface area contributed by atoms with Crippen molar-refractivity contribution in [2.45, 2.75) is 76.4 Å². The average molecular weight is 353 g/mol. The van der Waals surface area contributed by atoms with Crippen LogP contribution in [0.2, 0.25) is 0 Å². The molecule has 6 heteroatoms. The number of aryl methyl sites for hydroxylation is 2. The van der Waals surface area contributed by atoms with Crippen molar-refractivity contribution in [2.24, 2.45) is 5.92 Å². The van der Waals surface area contributed by atoms with Gasteiger partial charge in [0.05, 0.1) is 17.8 Å². The highest BCUT2D eigenvalue weighted by molar-refractivity contribution is 5.79. The Hall–Kier alpha value is -2.11. The minimum atomic E-state index is 0.0344. The second kappa shape index (κ2) is 6.56. The highest BCUT2D eigenvalue weighted by atomic mass is 16.2. The van der Waals surface area contributed by atoms with Crippen LogP contribution in [0.1, 0.15) is 74.1 Å². The summed E-state index contributed by atoms with van der Waals surface area (Å²) in [5, 5.41) is 8.25. The molecule has 0 radical (unpaired) electrons. The van der Waals surface area contributed by atoms with E-state index in [2.05, 4.69) is 25.7 Å². The zero-order chi connectivity index (χ0) is 17.5. The summed E-state index contributed by atoms with van der Waals surface area (Å²) in [4.78, 5) is 17.3. The van der Waals surface area contributed by atoms with E-state index in [1.807, 2.05) is 12.4 Å². The summed E-state index contributed by atoms with van der Waals surface area (Å²) in [6, 6.07) is 0.643. The molecule has 2 unspecified atom stereocenters. The third-order valence-corrected chi connectivity index (χ3v) is 6.44. The molecule has 0 aromatic carbocycles. The molecule has 3 aliphatic rings. The Morgan fingerprint density at radius 3 is 2.92 bits per heavy atom. The van der Waals surface area contributed by atoms with Crippen molar-refractivity contribution in [3.05, 3.63) is 35.7 Å². The first-order valence-corrected chi connectivity index (χ1v) is 10.2. The van der Waals surface area contributed by atoms with Gasteiger partial charge in [-0.3, -0.25) is 9.48 Å². The van der Waals surface area contributed by atoms with E-state index >= 15 is 0 Å². The van der Waals surface area contributed by atoms with Gasteiger partial charge in [0.25, 0.3) is 0 Å². The first kappa shape index (κ1) is 16.1. The number of amides is 1. The molecule has 0 bridgehead atoms. The van der Waals surface area contributed by atoms with Gasteiger partial charge in [-0.25, -0.2) is 4.98 Å². The SMILES string of the molecule is O=C(NC1CCCc2cn(C3CCCC3)nc21)C1CCn2ccnc2C1. The fourth-order valence-corrected chi connectivity index (χ4v) is 4.92. The lowest BCUT2D eigenvalue weighted by Gasteiger charge is -2.27. The van der Waals surface area contributed by atoms with Gasteiger partial charge in [-0.1, -0.05) is 12.8 Å². The monoisotopic (exact) mass is 353 g/mol. The first-order valence-electron chi connectivity index (χ1n) is 10.2. The number of hydrogen-bond acceptors (Lipinski definition) is 3. The number of aromatic nitrogens is 4. The van der Waals surface area contributed by atoms with Crippen LogP contribution in [0.4, 0.5) is 0 Å². The van der Waals surface area contributed by atoms with Crippen LogP contribution in [0.15, 0.2) is 18.6 Å². The lowest BCUT2D eigenvalue weighted by molar-refractivity contribution is -0.126. The maximum absolute atomic E-state index is 12.9. The van der Waals surface area contributed by atoms with E-state index in [1.165, 1.54) is 31.2 Å². The predicted octanol–water partition coefficient (Wildman–Crippen LogP) is 2.95. The maximum atomic E-state index is 12.9. The van der Waals surface area contributed by atoms with Gasteiger partial charge in [-0.05, 0) is 44.1 Å². The Morgan fingerprint density at radius 2 is 2.04 bits per heavy atom. The van der Waals surface area contributed by atoms with Gasteiger partial charge in [-0.15, -0.1) is 0 Å². The second-order valence-electron chi connectivity index (χ2n) is 8.14. The topological polar surface area (TPSA) is 64.7 Å². The zero-order valence-electron chi connectivity index (χ0n) is 15.2. The van der Waals surface area contributed by atoms with Gasteiger partial charge in [-0.2, -0.15) is 5.10 Å². The summed E-state index contributed by atoms with van der Waals surface area (Å²) >= 11 is 0. The molecule has 3 heterocycles. The standard InChI is InChI=1S/C20H27N5O/c26-20(14-8-10-24-11-9-21-18(24)12-14)22-17-7-3-4-15-13-25(23-19(15)17)16-5-1-2-6-16/h9,11,13-14,16-17H,1-8,10,12H2,(H,22,26). The van der Waals surface area contributed by atoms with Crippen LogP contribution in [-0.4, -0.2) is 25.2 Å². The normalized spacial score (nSPS) is 25.7. The minimum Gasteiger partial charge on any atom is -0.347 e. The largest absolute Gasteiger partial charge is 0.347 e. The van der Waals surface area contributed by atoms with Crippen LogP contribution in [0, 0.1) is 5.92 Å². The predicted molar refractivity (Wildman–Crippen MR) is 97.6 cm³/mol. The Bertz CT molecular complexity index is 801. The van der Waals surface area contributed by atoms with E-state index in [0.717, 1.165) is 50.2 Å². The zero-order valence-corrected chi connectivity index (χ0v) is 15.2. The Kier molecular flexibility index (Phi) is 4.06. The summed E-state index contributed by atoms with van der Waals surface area (Å²) in [5.74, 6) is 1.24. The third kappa shape index (κ3) is 2.85. The number of carbonyl (C=O) groups excluding carboxylic acids is 1. The molecule has 6 nitrogen and oxygen atoms in total. The number of hydrogen-bond donors (Lipinski definition) is 1. The van der Waals surface area contributed by atoms with Crippen LogP contribution >= 0.6 is 0 Å². The van der Waals surface area contributed by atoms with Crippen molar-refractivity contribution < 1.29 is 4.79 Å². The highest BCUT2D eigenvalue weighted by Crippen LogP contribution is 2.34. The molecule has 1 N–H and O–H groups in total. The second-order valence-corrected chi connectivity index (χ2v) is 8.14. The molecule has 2 atom stereocenters. The van der Waals surface area contributed by atoms with Crippen molar-refractivity contribution in [1.82, 2.24) is 24.6 Å². The van der Waals surface area contributed by atoms with Gasteiger partial charge in [0, 0.05) is 37.5 Å². The molecule has 2 aliphatic carbocycles. The molecule has 2 aromatic rings. The summed E-state index contributed by atoms with van der Waals surface area (Å²) in [7, 11) is 0. The Labute approximate surface area is 154 Å². The molecule has 0 spiro atoms. The van der Waals surface area contributed by atoms with E-state index in [9.17, 15) is 4.79 Å². The molecule has 1 fully saturated rings. The summed E-state index contributed by atoms with van der Waals surface area (Å²) in [5.41, 5.74) is 2.46. The fraction of sp³-hybridized carbons (Fsp3) is 0.650. The number of nitrogens with zero attached hydrogens (tertiary/aromatic N) is 4. The molecule has 1 aliphatic heterocycles. The summed E-state index contributed by atoms with van der Waals surface area (Å²) < 4.78 is 4.35. The maximum Gasteiger partial charge on any atom is 0.224 e. The highest BCUT2D eigenvalue weighted by Gasteiger charge is 2.31. The first-order chi connectivity index (χ1) is 12.8. The molecular weight excluding hydrogens is 326 g/mol. The van der Waals surface area contributed by atoms with Crippen molar-refractivity contribution in [2.75, 3.05) is 0 Å². The number of rotatable bonds is 3. The molecule has 5 rings (SSSR count). The fourth-order valence-electron chi connectivity index (χ4n) is 4.92. The third-order valence-electron chi connectivity index (χ3n) is 6.44. The number of fused-ring (bicyclic) bond motifs is 2. The van der Waals surface area contributed by atoms with Crippen molar-refractivity contribution in [1.29, 1.82) is 0 Å². The van der Waals surface area contributed by atoms with Gasteiger partial charge in [0.15, 0.2) is 0 Å². The van der Waals surface area contributed by atoms with E-state index in [1.54, 1.807) is 0 Å². The molecule has 1 saturated carbocycles. The van der Waals surface area contributed by atoms with Crippen LogP contribution in [0.25, 0.3) is 0 Å². The van der Waals surface area contributed by atoms with Gasteiger partial charge in [0.2, 0.25) is 5.91 Å². The van der Waals surface area contributed by atoms with Gasteiger partial charge in [0.1, 0.15) is 5.82 Å².